The Morgan fingerprint density at radius 1 is 1.00 bits per heavy atom. The fourth-order valence-electron chi connectivity index (χ4n) is 2.03. The van der Waals surface area contributed by atoms with Crippen molar-refractivity contribution in [1.82, 2.24) is 14.4 Å². The molecule has 2 heterocycles. The second-order valence-corrected chi connectivity index (χ2v) is 4.17. The van der Waals surface area contributed by atoms with Crippen LogP contribution in [0.5, 0.6) is 0 Å². The van der Waals surface area contributed by atoms with Gasteiger partial charge in [0.25, 0.3) is 0 Å². The van der Waals surface area contributed by atoms with Crippen molar-refractivity contribution in [2.24, 2.45) is 5.73 Å². The Morgan fingerprint density at radius 2 is 1.78 bits per heavy atom. The molecule has 18 heavy (non-hydrogen) atoms. The molecule has 0 unspecified atom stereocenters. The third-order valence-electron chi connectivity index (χ3n) is 2.95. The normalized spacial score (nSPS) is 10.9. The van der Waals surface area contributed by atoms with E-state index in [0.29, 0.717) is 6.54 Å². The maximum Gasteiger partial charge on any atom is 0.233 e. The second kappa shape index (κ2) is 4.58. The van der Waals surface area contributed by atoms with Gasteiger partial charge < -0.3 is 5.73 Å². The molecule has 0 aliphatic rings. The molecule has 0 radical (unpaired) electrons. The van der Waals surface area contributed by atoms with E-state index in [1.807, 2.05) is 35.0 Å². The molecule has 0 bridgehead atoms. The van der Waals surface area contributed by atoms with Crippen molar-refractivity contribution in [3.63, 3.8) is 0 Å². The summed E-state index contributed by atoms with van der Waals surface area (Å²) in [4.78, 5) is 8.64. The van der Waals surface area contributed by atoms with Crippen molar-refractivity contribution in [3.05, 3.63) is 54.6 Å². The van der Waals surface area contributed by atoms with Gasteiger partial charge in [-0.15, -0.1) is 0 Å². The highest BCUT2D eigenvalue weighted by Crippen LogP contribution is 2.18. The van der Waals surface area contributed by atoms with Gasteiger partial charge in [0, 0.05) is 30.1 Å². The average Bonchev–Trinajstić information content (AvgIpc) is 2.83. The average molecular weight is 238 g/mol. The molecule has 0 saturated heterocycles. The van der Waals surface area contributed by atoms with Crippen LogP contribution in [0, 0.1) is 0 Å². The number of hydrogen-bond acceptors (Lipinski definition) is 3. The SMILES string of the molecule is NCCc1cnc2ncc(-c3ccccc3)cn12. The molecule has 2 N–H and O–H groups in total. The van der Waals surface area contributed by atoms with Crippen LogP contribution in [0.3, 0.4) is 0 Å². The molecule has 1 aromatic carbocycles. The molecule has 0 atom stereocenters. The van der Waals surface area contributed by atoms with E-state index in [1.165, 1.54) is 0 Å². The summed E-state index contributed by atoms with van der Waals surface area (Å²) in [7, 11) is 0. The molecule has 0 saturated carbocycles. The van der Waals surface area contributed by atoms with Crippen molar-refractivity contribution in [2.45, 2.75) is 6.42 Å². The molecular weight excluding hydrogens is 224 g/mol. The smallest absolute Gasteiger partial charge is 0.233 e. The van der Waals surface area contributed by atoms with Crippen LogP contribution in [0.1, 0.15) is 5.69 Å². The minimum atomic E-state index is 0.614. The highest BCUT2D eigenvalue weighted by atomic mass is 15.1. The number of nitrogens with two attached hydrogens (primary N) is 1. The maximum absolute atomic E-state index is 5.60. The van der Waals surface area contributed by atoms with Crippen LogP contribution in [0.25, 0.3) is 16.9 Å². The number of aromatic nitrogens is 3. The van der Waals surface area contributed by atoms with Crippen LogP contribution >= 0.6 is 0 Å². The van der Waals surface area contributed by atoms with E-state index in [4.69, 9.17) is 5.73 Å². The van der Waals surface area contributed by atoms with E-state index in [2.05, 4.69) is 28.3 Å². The van der Waals surface area contributed by atoms with Crippen LogP contribution in [0.15, 0.2) is 48.9 Å². The number of benzene rings is 1. The first-order chi connectivity index (χ1) is 8.88. The van der Waals surface area contributed by atoms with Crippen LogP contribution in [0.4, 0.5) is 0 Å². The Labute approximate surface area is 105 Å². The van der Waals surface area contributed by atoms with Crippen molar-refractivity contribution >= 4 is 5.78 Å². The van der Waals surface area contributed by atoms with Crippen LogP contribution in [-0.2, 0) is 6.42 Å². The first-order valence-corrected chi connectivity index (χ1v) is 5.96. The zero-order valence-corrected chi connectivity index (χ0v) is 9.95. The molecular formula is C14H14N4. The standard InChI is InChI=1S/C14H14N4/c15-7-6-13-9-17-14-16-8-12(10-18(13)14)11-4-2-1-3-5-11/h1-5,8-10H,6-7,15H2. The van der Waals surface area contributed by atoms with Crippen molar-refractivity contribution in [3.8, 4) is 11.1 Å². The van der Waals surface area contributed by atoms with Crippen LogP contribution in [0.2, 0.25) is 0 Å². The fraction of sp³-hybridized carbons (Fsp3) is 0.143. The number of rotatable bonds is 3. The zero-order chi connectivity index (χ0) is 12.4. The second-order valence-electron chi connectivity index (χ2n) is 4.17. The lowest BCUT2D eigenvalue weighted by Gasteiger charge is -2.04. The summed E-state index contributed by atoms with van der Waals surface area (Å²) in [5, 5.41) is 0. The van der Waals surface area contributed by atoms with E-state index < -0.39 is 0 Å². The molecule has 0 spiro atoms. The van der Waals surface area contributed by atoms with Crippen LogP contribution in [-0.4, -0.2) is 20.9 Å². The maximum atomic E-state index is 5.60. The van der Waals surface area contributed by atoms with E-state index in [0.717, 1.165) is 29.0 Å². The summed E-state index contributed by atoms with van der Waals surface area (Å²) in [6.45, 7) is 0.614. The predicted molar refractivity (Wildman–Crippen MR) is 71.2 cm³/mol. The molecule has 0 aliphatic heterocycles. The zero-order valence-electron chi connectivity index (χ0n) is 9.95. The molecule has 90 valence electrons. The summed E-state index contributed by atoms with van der Waals surface area (Å²) in [6, 6.07) is 10.2. The lowest BCUT2D eigenvalue weighted by molar-refractivity contribution is 0.899. The number of nitrogens with zero attached hydrogens (tertiary/aromatic N) is 3. The minimum Gasteiger partial charge on any atom is -0.330 e. The molecule has 3 aromatic rings. The summed E-state index contributed by atoms with van der Waals surface area (Å²) in [6.07, 6.45) is 6.56. The van der Waals surface area contributed by atoms with E-state index in [-0.39, 0.29) is 0 Å². The van der Waals surface area contributed by atoms with Gasteiger partial charge in [-0.05, 0) is 12.1 Å². The number of hydrogen-bond donors (Lipinski definition) is 1. The van der Waals surface area contributed by atoms with Crippen molar-refractivity contribution < 1.29 is 0 Å². The third kappa shape index (κ3) is 1.87. The summed E-state index contributed by atoms with van der Waals surface area (Å²) in [5.74, 6) is 0.720. The van der Waals surface area contributed by atoms with Gasteiger partial charge in [0.05, 0.1) is 6.20 Å². The van der Waals surface area contributed by atoms with E-state index in [1.54, 1.807) is 0 Å². The summed E-state index contributed by atoms with van der Waals surface area (Å²) < 4.78 is 2.01. The van der Waals surface area contributed by atoms with Crippen molar-refractivity contribution in [2.75, 3.05) is 6.54 Å². The highest BCUT2D eigenvalue weighted by molar-refractivity contribution is 5.62. The van der Waals surface area contributed by atoms with Crippen molar-refractivity contribution in [1.29, 1.82) is 0 Å². The monoisotopic (exact) mass is 238 g/mol. The van der Waals surface area contributed by atoms with Crippen LogP contribution < -0.4 is 5.73 Å². The lowest BCUT2D eigenvalue weighted by atomic mass is 10.1. The number of imidazole rings is 1. The third-order valence-corrected chi connectivity index (χ3v) is 2.95. The molecule has 4 nitrogen and oxygen atoms in total. The Balaban J connectivity index is 2.12. The van der Waals surface area contributed by atoms with E-state index in [9.17, 15) is 0 Å². The fourth-order valence-corrected chi connectivity index (χ4v) is 2.03. The molecule has 0 aliphatic carbocycles. The molecule has 2 aromatic heterocycles. The molecule has 0 amide bonds. The van der Waals surface area contributed by atoms with Gasteiger partial charge >= 0.3 is 0 Å². The Kier molecular flexibility index (Phi) is 2.78. The molecule has 3 rings (SSSR count). The quantitative estimate of drug-likeness (QED) is 0.758. The first-order valence-electron chi connectivity index (χ1n) is 5.96. The Hall–Kier alpha value is -2.20. The van der Waals surface area contributed by atoms with Gasteiger partial charge in [-0.25, -0.2) is 9.97 Å². The topological polar surface area (TPSA) is 56.2 Å². The van der Waals surface area contributed by atoms with E-state index >= 15 is 0 Å². The van der Waals surface area contributed by atoms with Gasteiger partial charge in [-0.3, -0.25) is 4.40 Å². The van der Waals surface area contributed by atoms with Gasteiger partial charge in [0.15, 0.2) is 0 Å². The highest BCUT2D eigenvalue weighted by Gasteiger charge is 2.05. The van der Waals surface area contributed by atoms with Gasteiger partial charge in [-0.1, -0.05) is 30.3 Å². The molecule has 0 fully saturated rings. The lowest BCUT2D eigenvalue weighted by Crippen LogP contribution is -2.05. The Bertz CT molecular complexity index is 658. The minimum absolute atomic E-state index is 0.614. The number of fused-ring (bicyclic) bond motifs is 1. The van der Waals surface area contributed by atoms with Gasteiger partial charge in [-0.2, -0.15) is 0 Å². The Morgan fingerprint density at radius 3 is 2.56 bits per heavy atom. The molecule has 4 heteroatoms. The summed E-state index contributed by atoms with van der Waals surface area (Å²) >= 11 is 0. The van der Waals surface area contributed by atoms with Gasteiger partial charge in [0.2, 0.25) is 5.78 Å². The largest absolute Gasteiger partial charge is 0.330 e. The summed E-state index contributed by atoms with van der Waals surface area (Å²) in [5.41, 5.74) is 8.93. The predicted octanol–water partition coefficient (Wildman–Crippen LogP) is 1.90. The van der Waals surface area contributed by atoms with Gasteiger partial charge in [0.1, 0.15) is 0 Å². The first kappa shape index (κ1) is 10.9.